The van der Waals surface area contributed by atoms with Crippen LogP contribution in [0.3, 0.4) is 0 Å². The van der Waals surface area contributed by atoms with Gasteiger partial charge < -0.3 is 15.1 Å². The standard InChI is InChI=1S/C19H23N3O2/c1-15(24)21(3)12-16-8-10-17(11-9-16)13-22(14-23)19-7-5-4-6-18(19)20-2/h4-11,14,20H,12-13H2,1-3H3. The maximum Gasteiger partial charge on any atom is 0.219 e. The van der Waals surface area contributed by atoms with Crippen LogP contribution < -0.4 is 10.2 Å². The van der Waals surface area contributed by atoms with Gasteiger partial charge in [-0.3, -0.25) is 9.59 Å². The fraction of sp³-hybridized carbons (Fsp3) is 0.263. The molecular weight excluding hydrogens is 302 g/mol. The number of para-hydroxylation sites is 2. The zero-order valence-electron chi connectivity index (χ0n) is 14.3. The lowest BCUT2D eigenvalue weighted by Gasteiger charge is -2.21. The summed E-state index contributed by atoms with van der Waals surface area (Å²) in [6, 6.07) is 15.6. The summed E-state index contributed by atoms with van der Waals surface area (Å²) in [5, 5.41) is 3.10. The minimum atomic E-state index is 0.0369. The fourth-order valence-electron chi connectivity index (χ4n) is 2.45. The van der Waals surface area contributed by atoms with Crippen molar-refractivity contribution in [2.24, 2.45) is 0 Å². The van der Waals surface area contributed by atoms with Crippen molar-refractivity contribution < 1.29 is 9.59 Å². The summed E-state index contributed by atoms with van der Waals surface area (Å²) in [5.41, 5.74) is 3.84. The molecule has 0 fully saturated rings. The van der Waals surface area contributed by atoms with E-state index in [9.17, 15) is 9.59 Å². The Bertz CT molecular complexity index is 698. The minimum Gasteiger partial charge on any atom is -0.386 e. The molecule has 5 heteroatoms. The second-order valence-electron chi connectivity index (χ2n) is 5.69. The Morgan fingerprint density at radius 3 is 2.17 bits per heavy atom. The largest absolute Gasteiger partial charge is 0.386 e. The summed E-state index contributed by atoms with van der Waals surface area (Å²) in [4.78, 5) is 26.1. The van der Waals surface area contributed by atoms with Gasteiger partial charge in [-0.25, -0.2) is 0 Å². The zero-order valence-corrected chi connectivity index (χ0v) is 14.3. The number of nitrogens with zero attached hydrogens (tertiary/aromatic N) is 2. The molecular formula is C19H23N3O2. The topological polar surface area (TPSA) is 52.7 Å². The Kier molecular flexibility index (Phi) is 5.95. The molecule has 0 saturated carbocycles. The van der Waals surface area contributed by atoms with Crippen LogP contribution in [0.4, 0.5) is 11.4 Å². The van der Waals surface area contributed by atoms with Gasteiger partial charge in [0.15, 0.2) is 0 Å². The van der Waals surface area contributed by atoms with Crippen LogP contribution in [0, 0.1) is 0 Å². The number of hydrogen-bond acceptors (Lipinski definition) is 3. The Morgan fingerprint density at radius 2 is 1.62 bits per heavy atom. The number of rotatable bonds is 7. The van der Waals surface area contributed by atoms with E-state index in [0.29, 0.717) is 13.1 Å². The van der Waals surface area contributed by atoms with Gasteiger partial charge in [0, 0.05) is 27.6 Å². The maximum atomic E-state index is 11.5. The van der Waals surface area contributed by atoms with Crippen molar-refractivity contribution >= 4 is 23.7 Å². The number of nitrogens with one attached hydrogen (secondary N) is 1. The lowest BCUT2D eigenvalue weighted by atomic mass is 10.1. The average Bonchev–Trinajstić information content (AvgIpc) is 2.61. The summed E-state index contributed by atoms with van der Waals surface area (Å²) in [5.74, 6) is 0.0369. The van der Waals surface area contributed by atoms with Gasteiger partial charge in [0.25, 0.3) is 0 Å². The summed E-state index contributed by atoms with van der Waals surface area (Å²) in [6.45, 7) is 2.62. The van der Waals surface area contributed by atoms with E-state index in [4.69, 9.17) is 0 Å². The van der Waals surface area contributed by atoms with Crippen LogP contribution in [0.2, 0.25) is 0 Å². The lowest BCUT2D eigenvalue weighted by Crippen LogP contribution is -2.23. The molecule has 0 bridgehead atoms. The van der Waals surface area contributed by atoms with Crippen LogP contribution in [0.15, 0.2) is 48.5 Å². The summed E-state index contributed by atoms with van der Waals surface area (Å²) in [7, 11) is 3.61. The van der Waals surface area contributed by atoms with Crippen molar-refractivity contribution in [3.8, 4) is 0 Å². The molecule has 0 unspecified atom stereocenters. The maximum absolute atomic E-state index is 11.5. The molecule has 0 aliphatic heterocycles. The van der Waals surface area contributed by atoms with Crippen molar-refractivity contribution in [3.05, 3.63) is 59.7 Å². The van der Waals surface area contributed by atoms with Gasteiger partial charge in [0.1, 0.15) is 0 Å². The molecule has 0 aliphatic carbocycles. The van der Waals surface area contributed by atoms with Crippen molar-refractivity contribution in [1.29, 1.82) is 0 Å². The smallest absolute Gasteiger partial charge is 0.219 e. The highest BCUT2D eigenvalue weighted by Gasteiger charge is 2.10. The molecule has 0 radical (unpaired) electrons. The zero-order chi connectivity index (χ0) is 17.5. The van der Waals surface area contributed by atoms with Crippen molar-refractivity contribution in [1.82, 2.24) is 4.90 Å². The van der Waals surface area contributed by atoms with E-state index in [0.717, 1.165) is 28.9 Å². The summed E-state index contributed by atoms with van der Waals surface area (Å²) < 4.78 is 0. The van der Waals surface area contributed by atoms with E-state index in [1.165, 1.54) is 0 Å². The molecule has 0 aliphatic rings. The molecule has 2 amide bonds. The highest BCUT2D eigenvalue weighted by atomic mass is 16.2. The van der Waals surface area contributed by atoms with Crippen LogP contribution in [0.25, 0.3) is 0 Å². The second-order valence-corrected chi connectivity index (χ2v) is 5.69. The number of hydrogen-bond donors (Lipinski definition) is 1. The Morgan fingerprint density at radius 1 is 1.04 bits per heavy atom. The Labute approximate surface area is 142 Å². The SMILES string of the molecule is CNc1ccccc1N(C=O)Cc1ccc(CN(C)C(C)=O)cc1. The summed E-state index contributed by atoms with van der Waals surface area (Å²) >= 11 is 0. The Balaban J connectivity index is 2.11. The first kappa shape index (κ1) is 17.5. The van der Waals surface area contributed by atoms with Gasteiger partial charge in [-0.1, -0.05) is 36.4 Å². The molecule has 0 spiro atoms. The van der Waals surface area contributed by atoms with Crippen LogP contribution >= 0.6 is 0 Å². The Hall–Kier alpha value is -2.82. The van der Waals surface area contributed by atoms with E-state index in [1.54, 1.807) is 23.8 Å². The van der Waals surface area contributed by atoms with Crippen LogP contribution in [0.5, 0.6) is 0 Å². The second kappa shape index (κ2) is 8.15. The summed E-state index contributed by atoms with van der Waals surface area (Å²) in [6.07, 6.45) is 0.841. The highest BCUT2D eigenvalue weighted by molar-refractivity contribution is 5.83. The monoisotopic (exact) mass is 325 g/mol. The minimum absolute atomic E-state index is 0.0369. The molecule has 2 aromatic rings. The third kappa shape index (κ3) is 4.35. The van der Waals surface area contributed by atoms with E-state index in [1.807, 2.05) is 55.6 Å². The number of benzene rings is 2. The van der Waals surface area contributed by atoms with E-state index >= 15 is 0 Å². The predicted octanol–water partition coefficient (Wildman–Crippen LogP) is 2.87. The van der Waals surface area contributed by atoms with E-state index < -0.39 is 0 Å². The van der Waals surface area contributed by atoms with E-state index in [-0.39, 0.29) is 5.91 Å². The van der Waals surface area contributed by atoms with Crippen molar-refractivity contribution in [2.45, 2.75) is 20.0 Å². The first-order chi connectivity index (χ1) is 11.5. The van der Waals surface area contributed by atoms with Gasteiger partial charge >= 0.3 is 0 Å². The average molecular weight is 325 g/mol. The molecule has 2 rings (SSSR count). The predicted molar refractivity (Wildman–Crippen MR) is 96.8 cm³/mol. The van der Waals surface area contributed by atoms with Crippen LogP contribution in [0.1, 0.15) is 18.1 Å². The first-order valence-corrected chi connectivity index (χ1v) is 7.83. The number of anilines is 2. The molecule has 0 saturated heterocycles. The van der Waals surface area contributed by atoms with Gasteiger partial charge in [0.2, 0.25) is 12.3 Å². The van der Waals surface area contributed by atoms with Gasteiger partial charge in [-0.05, 0) is 23.3 Å². The molecule has 126 valence electrons. The normalized spacial score (nSPS) is 10.1. The van der Waals surface area contributed by atoms with Crippen molar-refractivity contribution in [2.75, 3.05) is 24.3 Å². The van der Waals surface area contributed by atoms with Gasteiger partial charge in [-0.2, -0.15) is 0 Å². The van der Waals surface area contributed by atoms with E-state index in [2.05, 4.69) is 5.32 Å². The molecule has 24 heavy (non-hydrogen) atoms. The van der Waals surface area contributed by atoms with Gasteiger partial charge in [-0.15, -0.1) is 0 Å². The molecule has 1 N–H and O–H groups in total. The molecule has 5 nitrogen and oxygen atoms in total. The highest BCUT2D eigenvalue weighted by Crippen LogP contribution is 2.25. The number of carbonyl (C=O) groups is 2. The quantitative estimate of drug-likeness (QED) is 0.797. The molecule has 2 aromatic carbocycles. The molecule has 0 aromatic heterocycles. The lowest BCUT2D eigenvalue weighted by molar-refractivity contribution is -0.128. The molecule has 0 atom stereocenters. The number of carbonyl (C=O) groups excluding carboxylic acids is 2. The van der Waals surface area contributed by atoms with Crippen LogP contribution in [-0.4, -0.2) is 31.3 Å². The van der Waals surface area contributed by atoms with Gasteiger partial charge in [0.05, 0.1) is 17.9 Å². The van der Waals surface area contributed by atoms with Crippen molar-refractivity contribution in [3.63, 3.8) is 0 Å². The fourth-order valence-corrected chi connectivity index (χ4v) is 2.45. The third-order valence-electron chi connectivity index (χ3n) is 3.94. The number of amides is 2. The molecule has 0 heterocycles. The third-order valence-corrected chi connectivity index (χ3v) is 3.94. The van der Waals surface area contributed by atoms with Crippen LogP contribution in [-0.2, 0) is 22.7 Å². The first-order valence-electron chi connectivity index (χ1n) is 7.83.